The van der Waals surface area contributed by atoms with Crippen molar-refractivity contribution in [1.29, 1.82) is 0 Å². The smallest absolute Gasteiger partial charge is 0.222 e. The van der Waals surface area contributed by atoms with Crippen LogP contribution in [0, 0.1) is 0 Å². The molecule has 1 fully saturated rings. The van der Waals surface area contributed by atoms with Crippen molar-refractivity contribution in [2.75, 3.05) is 24.2 Å². The number of nitrogens with two attached hydrogens (primary N) is 1. The SMILES string of the molecule is Nc1c(SC2CCC2)sc2nc(-c3cnc(NCCO)nc3)cc(-c3ccc(Cl)cc3)c12. The molecule has 6 nitrogen and oxygen atoms in total. The lowest BCUT2D eigenvalue weighted by atomic mass is 10.00. The molecule has 1 saturated carbocycles. The number of rotatable bonds is 7. The summed E-state index contributed by atoms with van der Waals surface area (Å²) in [6, 6.07) is 9.84. The van der Waals surface area contributed by atoms with Crippen molar-refractivity contribution in [3.8, 4) is 22.4 Å². The molecule has 3 aromatic heterocycles. The minimum atomic E-state index is 0.0226. The number of thiophene rings is 1. The number of hydrogen-bond donors (Lipinski definition) is 3. The van der Waals surface area contributed by atoms with Gasteiger partial charge in [0, 0.05) is 40.2 Å². The number of nitrogens with one attached hydrogen (secondary N) is 1. The van der Waals surface area contributed by atoms with Crippen LogP contribution < -0.4 is 11.1 Å². The zero-order chi connectivity index (χ0) is 22.1. The van der Waals surface area contributed by atoms with Crippen molar-refractivity contribution in [1.82, 2.24) is 15.0 Å². The first-order valence-corrected chi connectivity index (χ1v) is 12.5. The molecule has 4 aromatic rings. The van der Waals surface area contributed by atoms with Crippen LogP contribution in [0.5, 0.6) is 0 Å². The molecule has 1 aliphatic rings. The summed E-state index contributed by atoms with van der Waals surface area (Å²) in [6.45, 7) is 0.426. The Balaban J connectivity index is 1.61. The van der Waals surface area contributed by atoms with Gasteiger partial charge in [0.25, 0.3) is 0 Å². The molecular weight excluding hydrogens is 462 g/mol. The Labute approximate surface area is 199 Å². The Morgan fingerprint density at radius 3 is 2.56 bits per heavy atom. The molecule has 0 radical (unpaired) electrons. The molecular formula is C23H22ClN5OS2. The average molecular weight is 484 g/mol. The lowest BCUT2D eigenvalue weighted by Crippen LogP contribution is -2.12. The van der Waals surface area contributed by atoms with Crippen molar-refractivity contribution in [3.05, 3.63) is 47.7 Å². The summed E-state index contributed by atoms with van der Waals surface area (Å²) < 4.78 is 1.14. The predicted molar refractivity (Wildman–Crippen MR) is 135 cm³/mol. The minimum Gasteiger partial charge on any atom is -0.397 e. The third-order valence-corrected chi connectivity index (χ3v) is 8.41. The van der Waals surface area contributed by atoms with Crippen LogP contribution >= 0.6 is 34.7 Å². The highest BCUT2D eigenvalue weighted by Gasteiger charge is 2.24. The number of nitrogen functional groups attached to an aromatic ring is 1. The zero-order valence-electron chi connectivity index (χ0n) is 17.2. The number of aliphatic hydroxyl groups is 1. The van der Waals surface area contributed by atoms with Gasteiger partial charge < -0.3 is 16.2 Å². The summed E-state index contributed by atoms with van der Waals surface area (Å²) in [7, 11) is 0. The highest BCUT2D eigenvalue weighted by atomic mass is 35.5. The second-order valence-corrected chi connectivity index (χ2v) is 10.7. The molecule has 1 aromatic carbocycles. The molecule has 0 amide bonds. The maximum Gasteiger partial charge on any atom is 0.222 e. The number of hydrogen-bond acceptors (Lipinski definition) is 8. The number of fused-ring (bicyclic) bond motifs is 1. The Hall–Kier alpha value is -2.39. The van der Waals surface area contributed by atoms with Gasteiger partial charge in [0.1, 0.15) is 4.83 Å². The van der Waals surface area contributed by atoms with Crippen LogP contribution in [-0.4, -0.2) is 38.5 Å². The number of aromatic nitrogens is 3. The molecule has 0 atom stereocenters. The molecule has 0 spiro atoms. The maximum atomic E-state index is 8.97. The highest BCUT2D eigenvalue weighted by Crippen LogP contribution is 2.48. The Morgan fingerprint density at radius 1 is 1.16 bits per heavy atom. The molecule has 0 bridgehead atoms. The van der Waals surface area contributed by atoms with E-state index >= 15 is 0 Å². The molecule has 0 aliphatic heterocycles. The quantitative estimate of drug-likeness (QED) is 0.310. The van der Waals surface area contributed by atoms with E-state index in [9.17, 15) is 0 Å². The highest BCUT2D eigenvalue weighted by molar-refractivity contribution is 8.02. The Morgan fingerprint density at radius 2 is 1.91 bits per heavy atom. The minimum absolute atomic E-state index is 0.0226. The van der Waals surface area contributed by atoms with Gasteiger partial charge in [0.05, 0.1) is 22.2 Å². The molecule has 164 valence electrons. The fraction of sp³-hybridized carbons (Fsp3) is 0.261. The fourth-order valence-corrected chi connectivity index (χ4v) is 6.47. The number of anilines is 2. The van der Waals surface area contributed by atoms with Gasteiger partial charge in [-0.2, -0.15) is 0 Å². The third kappa shape index (κ3) is 4.28. The van der Waals surface area contributed by atoms with Gasteiger partial charge in [0.2, 0.25) is 5.95 Å². The van der Waals surface area contributed by atoms with Crippen LogP contribution in [0.3, 0.4) is 0 Å². The molecule has 4 N–H and O–H groups in total. The molecule has 0 saturated heterocycles. The van der Waals surface area contributed by atoms with Gasteiger partial charge in [-0.25, -0.2) is 15.0 Å². The number of thioether (sulfide) groups is 1. The van der Waals surface area contributed by atoms with Crippen molar-refractivity contribution in [2.24, 2.45) is 0 Å². The zero-order valence-corrected chi connectivity index (χ0v) is 19.6. The number of benzene rings is 1. The van der Waals surface area contributed by atoms with Crippen LogP contribution in [0.25, 0.3) is 32.6 Å². The van der Waals surface area contributed by atoms with E-state index in [0.717, 1.165) is 42.5 Å². The van der Waals surface area contributed by atoms with Crippen molar-refractivity contribution in [2.45, 2.75) is 28.7 Å². The van der Waals surface area contributed by atoms with Gasteiger partial charge in [-0.3, -0.25) is 0 Å². The van der Waals surface area contributed by atoms with E-state index in [2.05, 4.69) is 15.3 Å². The molecule has 3 heterocycles. The first-order chi connectivity index (χ1) is 15.6. The molecule has 9 heteroatoms. The average Bonchev–Trinajstić information content (AvgIpc) is 3.10. The standard InChI is InChI=1S/C23H22ClN5OS2/c24-15-6-4-13(5-7-15)17-10-18(14-11-27-23(28-12-14)26-8-9-30)29-21-19(17)20(25)22(32-21)31-16-2-1-3-16/h4-7,10-12,16,30H,1-3,8-9,25H2,(H,26,27,28). The van der Waals surface area contributed by atoms with E-state index in [1.54, 1.807) is 23.7 Å². The Bertz CT molecular complexity index is 1240. The molecule has 32 heavy (non-hydrogen) atoms. The van der Waals surface area contributed by atoms with E-state index in [1.165, 1.54) is 19.3 Å². The van der Waals surface area contributed by atoms with Gasteiger partial charge >= 0.3 is 0 Å². The van der Waals surface area contributed by atoms with Gasteiger partial charge in [0.15, 0.2) is 0 Å². The van der Waals surface area contributed by atoms with Crippen LogP contribution in [0.1, 0.15) is 19.3 Å². The lowest BCUT2D eigenvalue weighted by molar-refractivity contribution is 0.311. The van der Waals surface area contributed by atoms with E-state index in [1.807, 2.05) is 42.1 Å². The number of aliphatic hydroxyl groups excluding tert-OH is 1. The second kappa shape index (κ2) is 9.23. The molecule has 0 unspecified atom stereocenters. The van der Waals surface area contributed by atoms with Gasteiger partial charge in [-0.05, 0) is 42.2 Å². The number of halogens is 1. The monoisotopic (exact) mass is 483 g/mol. The van der Waals surface area contributed by atoms with Crippen LogP contribution in [0.2, 0.25) is 5.02 Å². The summed E-state index contributed by atoms with van der Waals surface area (Å²) in [5, 5.41) is 14.3. The second-order valence-electron chi connectivity index (χ2n) is 7.66. The fourth-order valence-electron chi connectivity index (χ4n) is 3.55. The first kappa shape index (κ1) is 21.5. The van der Waals surface area contributed by atoms with Crippen molar-refractivity contribution in [3.63, 3.8) is 0 Å². The summed E-state index contributed by atoms with van der Waals surface area (Å²) >= 11 is 9.67. The third-order valence-electron chi connectivity index (χ3n) is 5.49. The van der Waals surface area contributed by atoms with Gasteiger partial charge in [-0.15, -0.1) is 23.1 Å². The number of pyridine rings is 1. The predicted octanol–water partition coefficient (Wildman–Crippen LogP) is 5.70. The first-order valence-electron chi connectivity index (χ1n) is 10.4. The molecule has 5 rings (SSSR count). The van der Waals surface area contributed by atoms with Crippen LogP contribution in [0.15, 0.2) is 46.9 Å². The summed E-state index contributed by atoms with van der Waals surface area (Å²) in [5.41, 5.74) is 11.1. The topological polar surface area (TPSA) is 97.0 Å². The van der Waals surface area contributed by atoms with E-state index < -0.39 is 0 Å². The lowest BCUT2D eigenvalue weighted by Gasteiger charge is -2.23. The van der Waals surface area contributed by atoms with E-state index in [-0.39, 0.29) is 6.61 Å². The maximum absolute atomic E-state index is 8.97. The normalized spacial score (nSPS) is 13.9. The van der Waals surface area contributed by atoms with E-state index in [4.69, 9.17) is 27.4 Å². The van der Waals surface area contributed by atoms with Crippen molar-refractivity contribution < 1.29 is 5.11 Å². The number of nitrogens with zero attached hydrogens (tertiary/aromatic N) is 3. The van der Waals surface area contributed by atoms with Crippen LogP contribution in [0.4, 0.5) is 11.6 Å². The largest absolute Gasteiger partial charge is 0.397 e. The summed E-state index contributed by atoms with van der Waals surface area (Å²) in [4.78, 5) is 14.5. The summed E-state index contributed by atoms with van der Waals surface area (Å²) in [5.74, 6) is 0.473. The summed E-state index contributed by atoms with van der Waals surface area (Å²) in [6.07, 6.45) is 7.27. The van der Waals surface area contributed by atoms with Crippen LogP contribution in [-0.2, 0) is 0 Å². The Kier molecular flexibility index (Phi) is 6.19. The van der Waals surface area contributed by atoms with E-state index in [0.29, 0.717) is 22.8 Å². The van der Waals surface area contributed by atoms with Gasteiger partial charge in [-0.1, -0.05) is 30.2 Å². The molecule has 1 aliphatic carbocycles. The van der Waals surface area contributed by atoms with Crippen molar-refractivity contribution >= 4 is 56.6 Å².